The van der Waals surface area contributed by atoms with Gasteiger partial charge in [-0.2, -0.15) is 0 Å². The normalized spacial score (nSPS) is 11.3. The summed E-state index contributed by atoms with van der Waals surface area (Å²) >= 11 is 0. The molecule has 17 heavy (non-hydrogen) atoms. The number of aliphatic hydroxyl groups excluding tert-OH is 1. The fourth-order valence-electron chi connectivity index (χ4n) is 1.76. The third-order valence-electron chi connectivity index (χ3n) is 2.43. The Bertz CT molecular complexity index is 396. The van der Waals surface area contributed by atoms with Crippen molar-refractivity contribution in [2.75, 3.05) is 11.5 Å². The lowest BCUT2D eigenvalue weighted by molar-refractivity contribution is 0.195. The maximum absolute atomic E-state index is 11.3. The third kappa shape index (κ3) is 3.46. The highest BCUT2D eigenvalue weighted by molar-refractivity contribution is 5.87. The van der Waals surface area contributed by atoms with Gasteiger partial charge in [-0.15, -0.1) is 0 Å². The minimum Gasteiger partial charge on any atom is -0.465 e. The van der Waals surface area contributed by atoms with Crippen LogP contribution in [-0.4, -0.2) is 28.5 Å². The number of nitrogens with zero attached hydrogens (tertiary/aromatic N) is 1. The number of carboxylic acid groups (broad SMARTS) is 1. The molecule has 0 aliphatic heterocycles. The van der Waals surface area contributed by atoms with Crippen LogP contribution in [0.4, 0.5) is 10.5 Å². The third-order valence-corrected chi connectivity index (χ3v) is 2.43. The molecule has 94 valence electrons. The van der Waals surface area contributed by atoms with Crippen LogP contribution in [0.3, 0.4) is 0 Å². The van der Waals surface area contributed by atoms with Crippen molar-refractivity contribution in [3.8, 4) is 0 Å². The highest BCUT2D eigenvalue weighted by Crippen LogP contribution is 2.25. The van der Waals surface area contributed by atoms with Crippen molar-refractivity contribution in [1.82, 2.24) is 0 Å². The maximum Gasteiger partial charge on any atom is 0.412 e. The monoisotopic (exact) mass is 237 g/mol. The van der Waals surface area contributed by atoms with Crippen molar-refractivity contribution >= 4 is 11.8 Å². The lowest BCUT2D eigenvalue weighted by atomic mass is 10.0. The van der Waals surface area contributed by atoms with Gasteiger partial charge in [-0.1, -0.05) is 12.1 Å². The molecular formula is C13H19NO3. The summed E-state index contributed by atoms with van der Waals surface area (Å²) in [5.41, 5.74) is 1.07. The average Bonchev–Trinajstić information content (AvgIpc) is 2.15. The Balaban J connectivity index is 3.11. The summed E-state index contributed by atoms with van der Waals surface area (Å²) in [7, 11) is 0. The Kier molecular flexibility index (Phi) is 4.12. The van der Waals surface area contributed by atoms with Crippen LogP contribution in [0.5, 0.6) is 0 Å². The first kappa shape index (κ1) is 13.5. The van der Waals surface area contributed by atoms with Crippen molar-refractivity contribution in [1.29, 1.82) is 0 Å². The van der Waals surface area contributed by atoms with Gasteiger partial charge in [-0.3, -0.25) is 4.90 Å². The van der Waals surface area contributed by atoms with E-state index in [0.717, 1.165) is 5.56 Å². The fraction of sp³-hybridized carbons (Fsp3) is 0.462. The molecule has 0 fully saturated rings. The van der Waals surface area contributed by atoms with Crippen LogP contribution in [0.2, 0.25) is 0 Å². The van der Waals surface area contributed by atoms with Crippen molar-refractivity contribution in [2.24, 2.45) is 0 Å². The van der Waals surface area contributed by atoms with Crippen LogP contribution < -0.4 is 4.90 Å². The number of hydrogen-bond acceptors (Lipinski definition) is 2. The van der Waals surface area contributed by atoms with Crippen LogP contribution >= 0.6 is 0 Å². The van der Waals surface area contributed by atoms with Gasteiger partial charge in [0.1, 0.15) is 0 Å². The largest absolute Gasteiger partial charge is 0.465 e. The van der Waals surface area contributed by atoms with Gasteiger partial charge in [0.05, 0.1) is 0 Å². The zero-order valence-corrected chi connectivity index (χ0v) is 10.5. The standard InChI is InChI=1S/C13H19NO3/c1-13(2,3)14(12(16)17)11-6-4-5-10(9-11)7-8-15/h4-6,9,15H,7-8H2,1-3H3,(H,16,17). The van der Waals surface area contributed by atoms with Gasteiger partial charge in [-0.05, 0) is 44.9 Å². The van der Waals surface area contributed by atoms with Gasteiger partial charge in [0.25, 0.3) is 0 Å². The van der Waals surface area contributed by atoms with Crippen molar-refractivity contribution in [3.05, 3.63) is 29.8 Å². The molecule has 1 rings (SSSR count). The van der Waals surface area contributed by atoms with E-state index in [1.165, 1.54) is 4.90 Å². The molecule has 1 aromatic rings. The molecule has 0 saturated heterocycles. The van der Waals surface area contributed by atoms with Crippen LogP contribution in [0, 0.1) is 0 Å². The summed E-state index contributed by atoms with van der Waals surface area (Å²) in [5.74, 6) is 0. The number of anilines is 1. The molecule has 0 aliphatic carbocycles. The molecule has 2 N–H and O–H groups in total. The zero-order valence-electron chi connectivity index (χ0n) is 10.5. The number of aliphatic hydroxyl groups is 1. The van der Waals surface area contributed by atoms with Crippen LogP contribution in [-0.2, 0) is 6.42 Å². The van der Waals surface area contributed by atoms with Crippen molar-refractivity contribution in [2.45, 2.75) is 32.7 Å². The molecule has 0 radical (unpaired) electrons. The van der Waals surface area contributed by atoms with Crippen LogP contribution in [0.25, 0.3) is 0 Å². The second-order valence-electron chi connectivity index (χ2n) is 4.93. The fourth-order valence-corrected chi connectivity index (χ4v) is 1.76. The Morgan fingerprint density at radius 3 is 2.47 bits per heavy atom. The molecule has 0 aromatic heterocycles. The lowest BCUT2D eigenvalue weighted by Crippen LogP contribution is -2.45. The molecular weight excluding hydrogens is 218 g/mol. The molecule has 1 amide bonds. The van der Waals surface area contributed by atoms with E-state index in [1.54, 1.807) is 12.1 Å². The Morgan fingerprint density at radius 1 is 1.35 bits per heavy atom. The molecule has 0 spiro atoms. The van der Waals surface area contributed by atoms with Gasteiger partial charge < -0.3 is 10.2 Å². The molecule has 0 saturated carbocycles. The summed E-state index contributed by atoms with van der Waals surface area (Å²) in [6.07, 6.45) is -0.440. The quantitative estimate of drug-likeness (QED) is 0.849. The number of carbonyl (C=O) groups is 1. The smallest absolute Gasteiger partial charge is 0.412 e. The second kappa shape index (κ2) is 5.19. The topological polar surface area (TPSA) is 60.8 Å². The second-order valence-corrected chi connectivity index (χ2v) is 4.93. The molecule has 0 aliphatic rings. The summed E-state index contributed by atoms with van der Waals surface area (Å²) in [4.78, 5) is 12.6. The van der Waals surface area contributed by atoms with E-state index in [9.17, 15) is 9.90 Å². The summed E-state index contributed by atoms with van der Waals surface area (Å²) in [5, 5.41) is 18.1. The summed E-state index contributed by atoms with van der Waals surface area (Å²) in [6, 6.07) is 7.25. The number of benzene rings is 1. The van der Waals surface area contributed by atoms with E-state index >= 15 is 0 Å². The van der Waals surface area contributed by atoms with Crippen LogP contribution in [0.15, 0.2) is 24.3 Å². The number of hydrogen-bond donors (Lipinski definition) is 2. The molecule has 4 heteroatoms. The van der Waals surface area contributed by atoms with E-state index < -0.39 is 11.6 Å². The Hall–Kier alpha value is -1.55. The minimum absolute atomic E-state index is 0.0616. The maximum atomic E-state index is 11.3. The summed E-state index contributed by atoms with van der Waals surface area (Å²) < 4.78 is 0. The van der Waals surface area contributed by atoms with Gasteiger partial charge in [0, 0.05) is 17.8 Å². The van der Waals surface area contributed by atoms with Crippen molar-refractivity contribution < 1.29 is 15.0 Å². The highest BCUT2D eigenvalue weighted by atomic mass is 16.4. The molecule has 0 bridgehead atoms. The van der Waals surface area contributed by atoms with Crippen molar-refractivity contribution in [3.63, 3.8) is 0 Å². The van der Waals surface area contributed by atoms with Crippen LogP contribution in [0.1, 0.15) is 26.3 Å². The first-order valence-corrected chi connectivity index (χ1v) is 5.59. The summed E-state index contributed by atoms with van der Waals surface area (Å²) in [6.45, 7) is 5.60. The molecule has 0 unspecified atom stereocenters. The lowest BCUT2D eigenvalue weighted by Gasteiger charge is -2.33. The predicted molar refractivity (Wildman–Crippen MR) is 67.5 cm³/mol. The Labute approximate surface area is 101 Å². The molecule has 0 atom stereocenters. The highest BCUT2D eigenvalue weighted by Gasteiger charge is 2.27. The number of rotatable bonds is 3. The van der Waals surface area contributed by atoms with E-state index in [2.05, 4.69) is 0 Å². The SMILES string of the molecule is CC(C)(C)N(C(=O)O)c1cccc(CCO)c1. The zero-order chi connectivity index (χ0) is 13.1. The number of amides is 1. The average molecular weight is 237 g/mol. The van der Waals surface area contributed by atoms with Gasteiger partial charge in [0.2, 0.25) is 0 Å². The first-order chi connectivity index (χ1) is 7.86. The van der Waals surface area contributed by atoms with E-state index in [0.29, 0.717) is 12.1 Å². The first-order valence-electron chi connectivity index (χ1n) is 5.59. The van der Waals surface area contributed by atoms with Gasteiger partial charge in [-0.25, -0.2) is 4.79 Å². The van der Waals surface area contributed by atoms with Gasteiger partial charge in [0.15, 0.2) is 0 Å². The molecule has 4 nitrogen and oxygen atoms in total. The van der Waals surface area contributed by atoms with E-state index in [1.807, 2.05) is 32.9 Å². The van der Waals surface area contributed by atoms with E-state index in [4.69, 9.17) is 5.11 Å². The predicted octanol–water partition coefficient (Wildman–Crippen LogP) is 2.50. The molecule has 0 heterocycles. The molecule has 1 aromatic carbocycles. The van der Waals surface area contributed by atoms with E-state index in [-0.39, 0.29) is 6.61 Å². The van der Waals surface area contributed by atoms with Gasteiger partial charge >= 0.3 is 6.09 Å². The minimum atomic E-state index is -0.973. The Morgan fingerprint density at radius 2 is 2.00 bits per heavy atom.